The lowest BCUT2D eigenvalue weighted by molar-refractivity contribution is 0.362. The van der Waals surface area contributed by atoms with E-state index in [1.165, 1.54) is 6.42 Å². The van der Waals surface area contributed by atoms with Crippen molar-refractivity contribution in [1.82, 2.24) is 14.6 Å². The number of piperidine rings is 1. The second-order valence-corrected chi connectivity index (χ2v) is 6.10. The number of halogens is 1. The van der Waals surface area contributed by atoms with Gasteiger partial charge in [0.25, 0.3) is 0 Å². The zero-order valence-electron chi connectivity index (χ0n) is 11.0. The van der Waals surface area contributed by atoms with Gasteiger partial charge in [-0.3, -0.25) is 0 Å². The molecule has 3 heterocycles. The summed E-state index contributed by atoms with van der Waals surface area (Å²) < 4.78 is 2.78. The third-order valence-corrected chi connectivity index (χ3v) is 4.41. The number of nitrogens with zero attached hydrogens (tertiary/aromatic N) is 4. The fourth-order valence-corrected chi connectivity index (χ4v) is 3.04. The molecule has 2 aromatic heterocycles. The third-order valence-electron chi connectivity index (χ3n) is 3.79. The molecule has 5 nitrogen and oxygen atoms in total. The van der Waals surface area contributed by atoms with E-state index in [4.69, 9.17) is 5.73 Å². The zero-order chi connectivity index (χ0) is 13.4. The van der Waals surface area contributed by atoms with E-state index in [9.17, 15) is 0 Å². The van der Waals surface area contributed by atoms with Crippen molar-refractivity contribution in [3.8, 4) is 0 Å². The van der Waals surface area contributed by atoms with Crippen LogP contribution in [0.5, 0.6) is 0 Å². The van der Waals surface area contributed by atoms with E-state index in [1.807, 2.05) is 22.8 Å². The molecule has 0 bridgehead atoms. The van der Waals surface area contributed by atoms with E-state index in [2.05, 4.69) is 37.8 Å². The van der Waals surface area contributed by atoms with Crippen LogP contribution in [-0.4, -0.2) is 33.7 Å². The monoisotopic (exact) mass is 323 g/mol. The van der Waals surface area contributed by atoms with Crippen LogP contribution >= 0.6 is 15.9 Å². The van der Waals surface area contributed by atoms with Crippen LogP contribution in [-0.2, 0) is 0 Å². The molecule has 19 heavy (non-hydrogen) atoms. The van der Waals surface area contributed by atoms with Crippen molar-refractivity contribution in [1.29, 1.82) is 0 Å². The van der Waals surface area contributed by atoms with E-state index >= 15 is 0 Å². The highest BCUT2D eigenvalue weighted by molar-refractivity contribution is 9.10. The van der Waals surface area contributed by atoms with E-state index in [0.717, 1.165) is 35.6 Å². The predicted molar refractivity (Wildman–Crippen MR) is 79.3 cm³/mol. The molecule has 0 amide bonds. The summed E-state index contributed by atoms with van der Waals surface area (Å²) >= 11 is 3.51. The van der Waals surface area contributed by atoms with Gasteiger partial charge in [0.1, 0.15) is 0 Å². The zero-order valence-corrected chi connectivity index (χ0v) is 12.5. The van der Waals surface area contributed by atoms with Gasteiger partial charge in [0, 0.05) is 25.3 Å². The van der Waals surface area contributed by atoms with Crippen LogP contribution in [0.25, 0.3) is 5.65 Å². The van der Waals surface area contributed by atoms with Crippen molar-refractivity contribution < 1.29 is 0 Å². The Kier molecular flexibility index (Phi) is 3.45. The van der Waals surface area contributed by atoms with Crippen molar-refractivity contribution in [3.63, 3.8) is 0 Å². The molecular formula is C13H18BrN5. The number of hydrogen-bond donors (Lipinski definition) is 1. The summed E-state index contributed by atoms with van der Waals surface area (Å²) in [4.78, 5) is 6.87. The first kappa shape index (κ1) is 12.9. The first-order valence-corrected chi connectivity index (χ1v) is 7.46. The molecule has 2 aromatic rings. The summed E-state index contributed by atoms with van der Waals surface area (Å²) in [6.45, 7) is 4.05. The van der Waals surface area contributed by atoms with Gasteiger partial charge in [-0.05, 0) is 53.7 Å². The third kappa shape index (κ3) is 2.47. The highest BCUT2D eigenvalue weighted by Crippen LogP contribution is 2.24. The molecule has 0 aromatic carbocycles. The molecule has 1 saturated heterocycles. The number of fused-ring (bicyclic) bond motifs is 1. The molecule has 2 atom stereocenters. The second kappa shape index (κ2) is 5.09. The van der Waals surface area contributed by atoms with Gasteiger partial charge in [-0.1, -0.05) is 0 Å². The van der Waals surface area contributed by atoms with E-state index in [-0.39, 0.29) is 6.04 Å². The summed E-state index contributed by atoms with van der Waals surface area (Å²) in [6.07, 6.45) is 4.28. The normalized spacial score (nSPS) is 21.8. The van der Waals surface area contributed by atoms with E-state index < -0.39 is 0 Å². The average molecular weight is 324 g/mol. The molecule has 1 fully saturated rings. The van der Waals surface area contributed by atoms with Gasteiger partial charge in [-0.15, -0.1) is 5.10 Å². The Morgan fingerprint density at radius 1 is 1.53 bits per heavy atom. The van der Waals surface area contributed by atoms with Crippen molar-refractivity contribution >= 4 is 27.5 Å². The molecule has 0 radical (unpaired) electrons. The summed E-state index contributed by atoms with van der Waals surface area (Å²) in [5, 5.41) is 4.55. The number of aromatic nitrogens is 3. The fraction of sp³-hybridized carbons (Fsp3) is 0.538. The van der Waals surface area contributed by atoms with Gasteiger partial charge < -0.3 is 10.6 Å². The lowest BCUT2D eigenvalue weighted by Crippen LogP contribution is -2.42. The van der Waals surface area contributed by atoms with Crippen LogP contribution in [0.1, 0.15) is 19.8 Å². The Bertz CT molecular complexity index is 579. The minimum absolute atomic E-state index is 0.228. The number of rotatable bonds is 2. The molecule has 6 heteroatoms. The smallest absolute Gasteiger partial charge is 0.245 e. The average Bonchev–Trinajstić information content (AvgIpc) is 2.84. The number of nitrogens with two attached hydrogens (primary N) is 1. The molecular weight excluding hydrogens is 306 g/mol. The van der Waals surface area contributed by atoms with Crippen LogP contribution in [0.2, 0.25) is 0 Å². The van der Waals surface area contributed by atoms with Gasteiger partial charge in [0.2, 0.25) is 5.95 Å². The minimum Gasteiger partial charge on any atom is -0.339 e. The lowest BCUT2D eigenvalue weighted by atomic mass is 9.92. The molecule has 2 N–H and O–H groups in total. The maximum Gasteiger partial charge on any atom is 0.245 e. The van der Waals surface area contributed by atoms with Crippen LogP contribution in [0.4, 0.5) is 5.95 Å². The molecule has 2 unspecified atom stereocenters. The SMILES string of the molecule is CC(N)C1CCCN(c2nc3c(Br)cccn3n2)C1. The van der Waals surface area contributed by atoms with Crippen LogP contribution in [0.15, 0.2) is 22.8 Å². The standard InChI is InChI=1S/C13H18BrN5/c1-9(15)10-4-2-6-18(8-10)13-16-12-11(14)5-3-7-19(12)17-13/h3,5,7,9-10H,2,4,6,8,15H2,1H3. The molecule has 1 aliphatic rings. The van der Waals surface area contributed by atoms with Gasteiger partial charge in [0.05, 0.1) is 4.47 Å². The Labute approximate surface area is 120 Å². The first-order chi connectivity index (χ1) is 9.15. The topological polar surface area (TPSA) is 59.5 Å². The van der Waals surface area contributed by atoms with Gasteiger partial charge in [0.15, 0.2) is 5.65 Å². The summed E-state index contributed by atoms with van der Waals surface area (Å²) in [6, 6.07) is 4.16. The van der Waals surface area contributed by atoms with Crippen LogP contribution < -0.4 is 10.6 Å². The molecule has 3 rings (SSSR count). The van der Waals surface area contributed by atoms with Gasteiger partial charge in [-0.2, -0.15) is 4.98 Å². The molecule has 0 saturated carbocycles. The summed E-state index contributed by atoms with van der Waals surface area (Å²) in [5.41, 5.74) is 6.89. The minimum atomic E-state index is 0.228. The molecule has 0 spiro atoms. The van der Waals surface area contributed by atoms with Crippen molar-refractivity contribution in [2.24, 2.45) is 11.7 Å². The van der Waals surface area contributed by atoms with Crippen molar-refractivity contribution in [3.05, 3.63) is 22.8 Å². The Morgan fingerprint density at radius 3 is 3.11 bits per heavy atom. The number of pyridine rings is 1. The van der Waals surface area contributed by atoms with Crippen LogP contribution in [0, 0.1) is 5.92 Å². The number of hydrogen-bond acceptors (Lipinski definition) is 4. The van der Waals surface area contributed by atoms with Gasteiger partial charge in [-0.25, -0.2) is 4.52 Å². The highest BCUT2D eigenvalue weighted by Gasteiger charge is 2.25. The Balaban J connectivity index is 1.89. The summed E-state index contributed by atoms with van der Waals surface area (Å²) in [5.74, 6) is 1.33. The molecule has 1 aliphatic heterocycles. The van der Waals surface area contributed by atoms with Gasteiger partial charge >= 0.3 is 0 Å². The highest BCUT2D eigenvalue weighted by atomic mass is 79.9. The Morgan fingerprint density at radius 2 is 2.37 bits per heavy atom. The van der Waals surface area contributed by atoms with Crippen molar-refractivity contribution in [2.45, 2.75) is 25.8 Å². The summed E-state index contributed by atoms with van der Waals surface area (Å²) in [7, 11) is 0. The first-order valence-electron chi connectivity index (χ1n) is 6.66. The van der Waals surface area contributed by atoms with E-state index in [1.54, 1.807) is 0 Å². The quantitative estimate of drug-likeness (QED) is 0.919. The Hall–Kier alpha value is -1.14. The maximum absolute atomic E-state index is 6.03. The van der Waals surface area contributed by atoms with Crippen LogP contribution in [0.3, 0.4) is 0 Å². The largest absolute Gasteiger partial charge is 0.339 e. The fourth-order valence-electron chi connectivity index (χ4n) is 2.62. The predicted octanol–water partition coefficient (Wildman–Crippen LogP) is 2.06. The molecule has 102 valence electrons. The van der Waals surface area contributed by atoms with Crippen molar-refractivity contribution in [2.75, 3.05) is 18.0 Å². The molecule has 0 aliphatic carbocycles. The number of anilines is 1. The lowest BCUT2D eigenvalue weighted by Gasteiger charge is -2.33. The second-order valence-electron chi connectivity index (χ2n) is 5.24. The van der Waals surface area contributed by atoms with E-state index in [0.29, 0.717) is 5.92 Å². The maximum atomic E-state index is 6.03.